The molecule has 0 aliphatic carbocycles. The molecular formula is C11H6BrF5N2S. The number of hydrogen-bond acceptors (Lipinski definition) is 3. The van der Waals surface area contributed by atoms with Gasteiger partial charge in [-0.15, -0.1) is 11.3 Å². The molecule has 1 aromatic carbocycles. The van der Waals surface area contributed by atoms with Crippen molar-refractivity contribution in [3.05, 3.63) is 38.8 Å². The first kappa shape index (κ1) is 15.3. The summed E-state index contributed by atoms with van der Waals surface area (Å²) in [7, 11) is 0. The topological polar surface area (TPSA) is 38.9 Å². The molecule has 20 heavy (non-hydrogen) atoms. The Balaban J connectivity index is 2.60. The lowest BCUT2D eigenvalue weighted by Crippen LogP contribution is -2.10. The van der Waals surface area contributed by atoms with Crippen LogP contribution in [-0.4, -0.2) is 4.98 Å². The standard InChI is InChI=1S/C11H6BrF5N2S/c12-7-4(1-2-5(13)8(7)14)10-19-9(11(15,16)17)6(3-18)20-10/h1-2H,3,18H2. The van der Waals surface area contributed by atoms with Crippen LogP contribution < -0.4 is 5.73 Å². The number of alkyl halides is 3. The SMILES string of the molecule is NCc1sc(-c2ccc(F)c(F)c2Br)nc1C(F)(F)F. The zero-order valence-corrected chi connectivity index (χ0v) is 12.0. The van der Waals surface area contributed by atoms with Crippen LogP contribution in [0.1, 0.15) is 10.6 Å². The first-order valence-electron chi connectivity index (χ1n) is 5.16. The summed E-state index contributed by atoms with van der Waals surface area (Å²) in [6.45, 7) is -0.339. The van der Waals surface area contributed by atoms with E-state index in [1.54, 1.807) is 0 Å². The van der Waals surface area contributed by atoms with Crippen molar-refractivity contribution in [2.24, 2.45) is 5.73 Å². The second-order valence-corrected chi connectivity index (χ2v) is 5.59. The summed E-state index contributed by atoms with van der Waals surface area (Å²) in [5.41, 5.74) is 4.20. The fraction of sp³-hybridized carbons (Fsp3) is 0.182. The first-order chi connectivity index (χ1) is 9.25. The highest BCUT2D eigenvalue weighted by Gasteiger charge is 2.37. The van der Waals surface area contributed by atoms with Gasteiger partial charge in [-0.3, -0.25) is 0 Å². The molecule has 0 radical (unpaired) electrons. The molecule has 0 fully saturated rings. The van der Waals surface area contributed by atoms with Gasteiger partial charge in [0.15, 0.2) is 17.3 Å². The third kappa shape index (κ3) is 2.70. The molecule has 2 aromatic rings. The minimum absolute atomic E-state index is 0.0408. The molecule has 0 saturated heterocycles. The Morgan fingerprint density at radius 2 is 1.90 bits per heavy atom. The molecule has 0 bridgehead atoms. The smallest absolute Gasteiger partial charge is 0.326 e. The third-order valence-electron chi connectivity index (χ3n) is 2.42. The molecule has 0 aliphatic heterocycles. The lowest BCUT2D eigenvalue weighted by atomic mass is 10.2. The van der Waals surface area contributed by atoms with E-state index in [2.05, 4.69) is 20.9 Å². The van der Waals surface area contributed by atoms with Gasteiger partial charge in [-0.2, -0.15) is 13.2 Å². The summed E-state index contributed by atoms with van der Waals surface area (Å²) in [4.78, 5) is 3.29. The highest BCUT2D eigenvalue weighted by atomic mass is 79.9. The average molecular weight is 373 g/mol. The minimum Gasteiger partial charge on any atom is -0.326 e. The van der Waals surface area contributed by atoms with E-state index in [1.807, 2.05) is 0 Å². The van der Waals surface area contributed by atoms with Crippen molar-refractivity contribution in [3.8, 4) is 10.6 Å². The molecule has 2 N–H and O–H groups in total. The summed E-state index contributed by atoms with van der Waals surface area (Å²) in [6, 6.07) is 1.98. The third-order valence-corrected chi connectivity index (χ3v) is 4.30. The lowest BCUT2D eigenvalue weighted by molar-refractivity contribution is -0.141. The van der Waals surface area contributed by atoms with Crippen molar-refractivity contribution in [1.29, 1.82) is 0 Å². The van der Waals surface area contributed by atoms with Gasteiger partial charge in [-0.1, -0.05) is 0 Å². The number of benzene rings is 1. The Morgan fingerprint density at radius 3 is 2.40 bits per heavy atom. The van der Waals surface area contributed by atoms with Gasteiger partial charge in [0.1, 0.15) is 5.01 Å². The molecule has 0 saturated carbocycles. The normalized spacial score (nSPS) is 11.9. The van der Waals surface area contributed by atoms with Gasteiger partial charge in [0.05, 0.1) is 9.35 Å². The highest BCUT2D eigenvalue weighted by Crippen LogP contribution is 2.40. The molecule has 0 unspecified atom stereocenters. The predicted octanol–water partition coefficient (Wildman–Crippen LogP) is 4.33. The van der Waals surface area contributed by atoms with Crippen LogP contribution in [0, 0.1) is 11.6 Å². The van der Waals surface area contributed by atoms with Gasteiger partial charge in [0, 0.05) is 12.1 Å². The summed E-state index contributed by atoms with van der Waals surface area (Å²) >= 11 is 3.51. The minimum atomic E-state index is -4.64. The lowest BCUT2D eigenvalue weighted by Gasteiger charge is -2.04. The van der Waals surface area contributed by atoms with E-state index in [4.69, 9.17) is 5.73 Å². The summed E-state index contributed by atoms with van der Waals surface area (Å²) < 4.78 is 64.4. The molecule has 2 nitrogen and oxygen atoms in total. The van der Waals surface area contributed by atoms with Gasteiger partial charge in [0.25, 0.3) is 0 Å². The molecule has 0 aliphatic rings. The number of halogens is 6. The van der Waals surface area contributed by atoms with E-state index in [9.17, 15) is 22.0 Å². The Bertz CT molecular complexity index is 653. The summed E-state index contributed by atoms with van der Waals surface area (Å²) in [5, 5.41) is -0.0800. The van der Waals surface area contributed by atoms with Crippen LogP contribution in [0.3, 0.4) is 0 Å². The summed E-state index contributed by atoms with van der Waals surface area (Å²) in [6.07, 6.45) is -4.64. The van der Waals surface area contributed by atoms with E-state index in [-0.39, 0.29) is 26.5 Å². The van der Waals surface area contributed by atoms with Crippen LogP contribution in [0.2, 0.25) is 0 Å². The van der Waals surface area contributed by atoms with Crippen LogP contribution in [0.5, 0.6) is 0 Å². The Hall–Kier alpha value is -1.06. The maximum atomic E-state index is 13.4. The Labute approximate surface area is 122 Å². The van der Waals surface area contributed by atoms with Crippen LogP contribution in [0.15, 0.2) is 16.6 Å². The maximum Gasteiger partial charge on any atom is 0.434 e. The fourth-order valence-electron chi connectivity index (χ4n) is 1.52. The van der Waals surface area contributed by atoms with Crippen molar-refractivity contribution in [1.82, 2.24) is 4.98 Å². The molecule has 1 aromatic heterocycles. The van der Waals surface area contributed by atoms with Gasteiger partial charge < -0.3 is 5.73 Å². The van der Waals surface area contributed by atoms with Gasteiger partial charge in [0.2, 0.25) is 0 Å². The van der Waals surface area contributed by atoms with E-state index < -0.39 is 23.5 Å². The number of hydrogen-bond donors (Lipinski definition) is 1. The monoisotopic (exact) mass is 372 g/mol. The van der Waals surface area contributed by atoms with Crippen molar-refractivity contribution in [2.45, 2.75) is 12.7 Å². The van der Waals surface area contributed by atoms with Gasteiger partial charge in [-0.05, 0) is 28.1 Å². The molecule has 9 heteroatoms. The van der Waals surface area contributed by atoms with Crippen molar-refractivity contribution in [3.63, 3.8) is 0 Å². The van der Waals surface area contributed by atoms with Crippen molar-refractivity contribution in [2.75, 3.05) is 0 Å². The predicted molar refractivity (Wildman–Crippen MR) is 68.1 cm³/mol. The maximum absolute atomic E-state index is 13.4. The molecule has 108 valence electrons. The number of nitrogens with two attached hydrogens (primary N) is 1. The average Bonchev–Trinajstić information content (AvgIpc) is 2.80. The van der Waals surface area contributed by atoms with Crippen LogP contribution >= 0.6 is 27.3 Å². The zero-order chi connectivity index (χ0) is 15.1. The number of thiazole rings is 1. The number of rotatable bonds is 2. The van der Waals surface area contributed by atoms with Crippen LogP contribution in [0.25, 0.3) is 10.6 Å². The molecule has 2 rings (SSSR count). The van der Waals surface area contributed by atoms with Gasteiger partial charge >= 0.3 is 6.18 Å². The molecule has 1 heterocycles. The van der Waals surface area contributed by atoms with Crippen LogP contribution in [-0.2, 0) is 12.7 Å². The van der Waals surface area contributed by atoms with E-state index in [1.165, 1.54) is 0 Å². The second kappa shape index (κ2) is 5.38. The molecule has 0 amide bonds. The Kier molecular flexibility index (Phi) is 4.12. The summed E-state index contributed by atoms with van der Waals surface area (Å²) in [5.74, 6) is -2.28. The largest absolute Gasteiger partial charge is 0.434 e. The molecular weight excluding hydrogens is 367 g/mol. The first-order valence-corrected chi connectivity index (χ1v) is 6.77. The van der Waals surface area contributed by atoms with Crippen LogP contribution in [0.4, 0.5) is 22.0 Å². The van der Waals surface area contributed by atoms with E-state index >= 15 is 0 Å². The Morgan fingerprint density at radius 1 is 1.25 bits per heavy atom. The number of nitrogens with zero attached hydrogens (tertiary/aromatic N) is 1. The van der Waals surface area contributed by atoms with E-state index in [0.29, 0.717) is 11.3 Å². The van der Waals surface area contributed by atoms with Crippen molar-refractivity contribution < 1.29 is 22.0 Å². The molecule has 0 spiro atoms. The van der Waals surface area contributed by atoms with Crippen molar-refractivity contribution >= 4 is 27.3 Å². The quantitative estimate of drug-likeness (QED) is 0.629. The highest BCUT2D eigenvalue weighted by molar-refractivity contribution is 9.10. The number of aromatic nitrogens is 1. The van der Waals surface area contributed by atoms with Gasteiger partial charge in [-0.25, -0.2) is 13.8 Å². The molecule has 0 atom stereocenters. The van der Waals surface area contributed by atoms with E-state index in [0.717, 1.165) is 12.1 Å². The zero-order valence-electron chi connectivity index (χ0n) is 9.56. The second-order valence-electron chi connectivity index (χ2n) is 3.72. The fourth-order valence-corrected chi connectivity index (χ4v) is 3.15.